The highest BCUT2D eigenvalue weighted by Gasteiger charge is 2.43. The minimum atomic E-state index is -1.02. The number of anilines is 2. The standard InChI is InChI=1S/C30H32FN9O3/c1-17-12-24(39-38-17)36-23-13-20-8-11-32-28(41)26(20)27(37-23)19-6-9-30(43-3,10-7-19)29(42)35-18(2)21-4-5-25(33-14-21)40-16-22(31)15-34-40/h4-5,8,11-16,18-19H,6-7,9-10H2,1-3H3,(H,32,41)(H,35,42)(H2,36,37,38,39)/t18-,19?,30?/m0/s1. The van der Waals surface area contributed by atoms with Crippen molar-refractivity contribution in [1.29, 1.82) is 0 Å². The van der Waals surface area contributed by atoms with Crippen LogP contribution in [0, 0.1) is 12.7 Å². The van der Waals surface area contributed by atoms with Gasteiger partial charge in [0, 0.05) is 37.2 Å². The summed E-state index contributed by atoms with van der Waals surface area (Å²) in [5.74, 6) is 0.984. The highest BCUT2D eigenvalue weighted by Crippen LogP contribution is 2.41. The molecule has 0 radical (unpaired) electrons. The molecule has 13 heteroatoms. The SMILES string of the molecule is COC1(C(=O)N[C@@H](C)c2ccc(-n3cc(F)cn3)nc2)CCC(c2nc(Nc3cc(C)[nH]n3)cc3cc[nH]c(=O)c23)CC1. The molecule has 1 aliphatic rings. The minimum absolute atomic E-state index is 0.0500. The Hall–Kier alpha value is -4.91. The number of H-pyrrole nitrogens is 2. The second-order valence-electron chi connectivity index (χ2n) is 10.9. The number of methoxy groups -OCH3 is 1. The molecule has 1 aliphatic carbocycles. The average Bonchev–Trinajstić information content (AvgIpc) is 3.64. The number of pyridine rings is 3. The maximum atomic E-state index is 13.6. The molecule has 12 nitrogen and oxygen atoms in total. The molecule has 5 aromatic heterocycles. The number of nitrogens with zero attached hydrogens (tertiary/aromatic N) is 5. The molecule has 5 heterocycles. The average molecular weight is 586 g/mol. The van der Waals surface area contributed by atoms with E-state index in [0.29, 0.717) is 54.2 Å². The summed E-state index contributed by atoms with van der Waals surface area (Å²) >= 11 is 0. The van der Waals surface area contributed by atoms with Gasteiger partial charge in [0.05, 0.1) is 29.5 Å². The predicted molar refractivity (Wildman–Crippen MR) is 158 cm³/mol. The molecule has 0 aliphatic heterocycles. The van der Waals surface area contributed by atoms with Gasteiger partial charge in [0.2, 0.25) is 0 Å². The lowest BCUT2D eigenvalue weighted by Crippen LogP contribution is -2.50. The summed E-state index contributed by atoms with van der Waals surface area (Å²) in [4.78, 5) is 38.5. The van der Waals surface area contributed by atoms with Gasteiger partial charge in [0.1, 0.15) is 11.4 Å². The van der Waals surface area contributed by atoms with Crippen LogP contribution in [-0.2, 0) is 9.53 Å². The molecule has 1 saturated carbocycles. The Kier molecular flexibility index (Phi) is 7.48. The summed E-state index contributed by atoms with van der Waals surface area (Å²) in [6.07, 6.45) is 7.74. The number of amides is 1. The van der Waals surface area contributed by atoms with E-state index in [9.17, 15) is 14.0 Å². The second-order valence-corrected chi connectivity index (χ2v) is 10.9. The third-order valence-corrected chi connectivity index (χ3v) is 8.13. The quantitative estimate of drug-likeness (QED) is 0.210. The molecule has 0 saturated heterocycles. The van der Waals surface area contributed by atoms with Crippen LogP contribution in [0.15, 0.2) is 59.9 Å². The molecule has 0 spiro atoms. The summed E-state index contributed by atoms with van der Waals surface area (Å²) in [7, 11) is 1.55. The Balaban J connectivity index is 1.18. The number of fused-ring (bicyclic) bond motifs is 1. The molecular formula is C30H32FN9O3. The van der Waals surface area contributed by atoms with Gasteiger partial charge in [-0.2, -0.15) is 10.2 Å². The molecular weight excluding hydrogens is 553 g/mol. The normalized spacial score (nSPS) is 19.3. The molecule has 5 aromatic rings. The highest BCUT2D eigenvalue weighted by atomic mass is 19.1. The Morgan fingerprint density at radius 2 is 2.00 bits per heavy atom. The van der Waals surface area contributed by atoms with Crippen LogP contribution in [-0.4, -0.2) is 53.5 Å². The number of aryl methyl sites for hydroxylation is 1. The van der Waals surface area contributed by atoms with Crippen molar-refractivity contribution in [3.63, 3.8) is 0 Å². The number of nitrogens with one attached hydrogen (secondary N) is 4. The summed E-state index contributed by atoms with van der Waals surface area (Å²) in [6, 6.07) is 8.77. The molecule has 43 heavy (non-hydrogen) atoms. The van der Waals surface area contributed by atoms with Crippen LogP contribution >= 0.6 is 0 Å². The largest absolute Gasteiger partial charge is 0.368 e. The fraction of sp³-hybridized carbons (Fsp3) is 0.333. The van der Waals surface area contributed by atoms with Crippen molar-refractivity contribution in [2.75, 3.05) is 12.4 Å². The van der Waals surface area contributed by atoms with Crippen molar-refractivity contribution >= 4 is 28.3 Å². The van der Waals surface area contributed by atoms with E-state index in [-0.39, 0.29) is 23.4 Å². The van der Waals surface area contributed by atoms with Crippen molar-refractivity contribution in [1.82, 2.24) is 40.2 Å². The number of carbonyl (C=O) groups is 1. The lowest BCUT2D eigenvalue weighted by atomic mass is 9.76. The first-order valence-electron chi connectivity index (χ1n) is 14.1. The number of halogens is 1. The highest BCUT2D eigenvalue weighted by molar-refractivity contribution is 5.87. The minimum Gasteiger partial charge on any atom is -0.368 e. The van der Waals surface area contributed by atoms with Crippen molar-refractivity contribution < 1.29 is 13.9 Å². The van der Waals surface area contributed by atoms with Gasteiger partial charge in [-0.15, -0.1) is 0 Å². The first kappa shape index (κ1) is 28.2. The molecule has 1 fully saturated rings. The Morgan fingerprint density at radius 3 is 2.65 bits per heavy atom. The van der Waals surface area contributed by atoms with E-state index < -0.39 is 11.4 Å². The van der Waals surface area contributed by atoms with Crippen LogP contribution in [0.5, 0.6) is 0 Å². The molecule has 1 atom stereocenters. The van der Waals surface area contributed by atoms with Gasteiger partial charge in [-0.3, -0.25) is 14.7 Å². The Morgan fingerprint density at radius 1 is 1.19 bits per heavy atom. The number of ether oxygens (including phenoxy) is 1. The molecule has 0 unspecified atom stereocenters. The zero-order chi connectivity index (χ0) is 30.1. The number of rotatable bonds is 8. The Bertz CT molecular complexity index is 1820. The summed E-state index contributed by atoms with van der Waals surface area (Å²) in [5.41, 5.74) is 1.17. The van der Waals surface area contributed by atoms with Gasteiger partial charge in [-0.1, -0.05) is 6.07 Å². The van der Waals surface area contributed by atoms with Gasteiger partial charge in [-0.25, -0.2) is 19.0 Å². The van der Waals surface area contributed by atoms with E-state index in [4.69, 9.17) is 9.72 Å². The predicted octanol–water partition coefficient (Wildman–Crippen LogP) is 4.34. The van der Waals surface area contributed by atoms with E-state index in [0.717, 1.165) is 22.8 Å². The summed E-state index contributed by atoms with van der Waals surface area (Å²) in [5, 5.41) is 18.7. The van der Waals surface area contributed by atoms with Crippen molar-refractivity contribution in [3.05, 3.63) is 88.2 Å². The van der Waals surface area contributed by atoms with E-state index in [1.54, 1.807) is 25.6 Å². The van der Waals surface area contributed by atoms with Crippen LogP contribution in [0.25, 0.3) is 16.6 Å². The number of carbonyl (C=O) groups excluding carboxylic acids is 1. The van der Waals surface area contributed by atoms with Gasteiger partial charge < -0.3 is 20.4 Å². The first-order chi connectivity index (χ1) is 20.7. The molecule has 4 N–H and O–H groups in total. The van der Waals surface area contributed by atoms with Crippen LogP contribution in [0.4, 0.5) is 16.0 Å². The fourth-order valence-electron chi connectivity index (χ4n) is 5.72. The van der Waals surface area contributed by atoms with E-state index in [1.807, 2.05) is 38.1 Å². The van der Waals surface area contributed by atoms with Gasteiger partial charge in [0.25, 0.3) is 11.5 Å². The zero-order valence-corrected chi connectivity index (χ0v) is 24.0. The van der Waals surface area contributed by atoms with Crippen LogP contribution < -0.4 is 16.2 Å². The zero-order valence-electron chi connectivity index (χ0n) is 24.0. The number of hydrogen-bond acceptors (Lipinski definition) is 8. The molecule has 0 aromatic carbocycles. The van der Waals surface area contributed by atoms with Gasteiger partial charge in [0.15, 0.2) is 17.5 Å². The topological polar surface area (TPSA) is 156 Å². The number of aromatic nitrogens is 7. The monoisotopic (exact) mass is 585 g/mol. The number of hydrogen-bond donors (Lipinski definition) is 4. The third-order valence-electron chi connectivity index (χ3n) is 8.13. The maximum absolute atomic E-state index is 13.6. The smallest absolute Gasteiger partial charge is 0.257 e. The van der Waals surface area contributed by atoms with Crippen molar-refractivity contribution in [3.8, 4) is 5.82 Å². The second kappa shape index (κ2) is 11.4. The molecule has 222 valence electrons. The lowest BCUT2D eigenvalue weighted by molar-refractivity contribution is -0.148. The molecule has 0 bridgehead atoms. The van der Waals surface area contributed by atoms with Crippen molar-refractivity contribution in [2.45, 2.75) is 57.1 Å². The molecule has 1 amide bonds. The van der Waals surface area contributed by atoms with Gasteiger partial charge >= 0.3 is 0 Å². The van der Waals surface area contributed by atoms with Gasteiger partial charge in [-0.05, 0) is 68.7 Å². The van der Waals surface area contributed by atoms with E-state index in [2.05, 4.69) is 35.9 Å². The summed E-state index contributed by atoms with van der Waals surface area (Å²) < 4.78 is 20.5. The van der Waals surface area contributed by atoms with Crippen LogP contribution in [0.2, 0.25) is 0 Å². The lowest BCUT2D eigenvalue weighted by Gasteiger charge is -2.38. The maximum Gasteiger partial charge on any atom is 0.257 e. The van der Waals surface area contributed by atoms with Crippen molar-refractivity contribution in [2.24, 2.45) is 0 Å². The molecule has 6 rings (SSSR count). The van der Waals surface area contributed by atoms with E-state index >= 15 is 0 Å². The van der Waals surface area contributed by atoms with E-state index in [1.165, 1.54) is 10.9 Å². The Labute approximate surface area is 246 Å². The third kappa shape index (κ3) is 5.63. The number of aromatic amines is 2. The van der Waals surface area contributed by atoms with Crippen LogP contribution in [0.1, 0.15) is 61.5 Å². The summed E-state index contributed by atoms with van der Waals surface area (Å²) in [6.45, 7) is 3.79. The first-order valence-corrected chi connectivity index (χ1v) is 14.1. The van der Waals surface area contributed by atoms with Crippen LogP contribution in [0.3, 0.4) is 0 Å². The fourth-order valence-corrected chi connectivity index (χ4v) is 5.72.